The second-order valence-corrected chi connectivity index (χ2v) is 6.37. The lowest BCUT2D eigenvalue weighted by Gasteiger charge is -2.15. The van der Waals surface area contributed by atoms with Crippen LogP contribution in [0.25, 0.3) is 0 Å². The number of guanidine groups is 1. The summed E-state index contributed by atoms with van der Waals surface area (Å²) in [5.74, 6) is 1.08. The van der Waals surface area contributed by atoms with Crippen LogP contribution in [0.3, 0.4) is 0 Å². The highest BCUT2D eigenvalue weighted by Crippen LogP contribution is 2.26. The average molecular weight is 384 g/mol. The van der Waals surface area contributed by atoms with E-state index in [2.05, 4.69) is 25.3 Å². The van der Waals surface area contributed by atoms with Crippen molar-refractivity contribution in [2.24, 2.45) is 4.99 Å². The number of alkyl halides is 2. The molecule has 1 heterocycles. The standard InChI is InChI=1S/C17H22F2N4O2S/c1-11-23-13(10-26-11)6-7-21-17(20-2)22-9-12-4-5-14(24-3)8-15(12)25-16(18)19/h4-5,8,10,16H,6-7,9H2,1-3H3,(H2,20,21,22). The number of nitrogens with zero attached hydrogens (tertiary/aromatic N) is 2. The van der Waals surface area contributed by atoms with Gasteiger partial charge in [-0.15, -0.1) is 11.3 Å². The number of hydrogen-bond donors (Lipinski definition) is 2. The summed E-state index contributed by atoms with van der Waals surface area (Å²) in [6.07, 6.45) is 0.771. The third kappa shape index (κ3) is 6.14. The molecule has 0 saturated carbocycles. The molecule has 2 rings (SSSR count). The zero-order chi connectivity index (χ0) is 18.9. The Kier molecular flexibility index (Phi) is 7.58. The number of methoxy groups -OCH3 is 1. The van der Waals surface area contributed by atoms with Crippen molar-refractivity contribution in [3.05, 3.63) is 39.8 Å². The molecule has 0 spiro atoms. The van der Waals surface area contributed by atoms with Gasteiger partial charge in [0.05, 0.1) is 17.8 Å². The molecule has 0 bridgehead atoms. The highest BCUT2D eigenvalue weighted by atomic mass is 32.1. The monoisotopic (exact) mass is 384 g/mol. The molecule has 26 heavy (non-hydrogen) atoms. The van der Waals surface area contributed by atoms with Crippen LogP contribution in [-0.2, 0) is 13.0 Å². The van der Waals surface area contributed by atoms with Crippen molar-refractivity contribution in [1.29, 1.82) is 0 Å². The molecule has 9 heteroatoms. The van der Waals surface area contributed by atoms with E-state index in [1.165, 1.54) is 13.2 Å². The van der Waals surface area contributed by atoms with E-state index in [0.717, 1.165) is 17.1 Å². The van der Waals surface area contributed by atoms with Gasteiger partial charge >= 0.3 is 6.61 Å². The molecule has 0 saturated heterocycles. The van der Waals surface area contributed by atoms with Gasteiger partial charge in [0.15, 0.2) is 5.96 Å². The number of aromatic nitrogens is 1. The van der Waals surface area contributed by atoms with Gasteiger partial charge in [-0.1, -0.05) is 0 Å². The topological polar surface area (TPSA) is 67.8 Å². The lowest BCUT2D eigenvalue weighted by molar-refractivity contribution is -0.0505. The van der Waals surface area contributed by atoms with Gasteiger partial charge in [0.2, 0.25) is 0 Å². The Morgan fingerprint density at radius 3 is 2.77 bits per heavy atom. The SMILES string of the molecule is CN=C(NCCc1csc(C)n1)NCc1ccc(OC)cc1OC(F)F. The van der Waals surface area contributed by atoms with Gasteiger partial charge in [0.1, 0.15) is 11.5 Å². The fourth-order valence-corrected chi connectivity index (χ4v) is 2.89. The molecule has 1 aromatic heterocycles. The molecule has 142 valence electrons. The minimum Gasteiger partial charge on any atom is -0.497 e. The molecule has 0 unspecified atom stereocenters. The molecule has 0 radical (unpaired) electrons. The van der Waals surface area contributed by atoms with E-state index in [1.807, 2.05) is 12.3 Å². The van der Waals surface area contributed by atoms with Crippen molar-refractivity contribution in [3.8, 4) is 11.5 Å². The normalized spacial score (nSPS) is 11.5. The molecule has 2 aromatic rings. The van der Waals surface area contributed by atoms with Gasteiger partial charge < -0.3 is 20.1 Å². The van der Waals surface area contributed by atoms with E-state index in [0.29, 0.717) is 23.8 Å². The van der Waals surface area contributed by atoms with E-state index >= 15 is 0 Å². The number of benzene rings is 1. The van der Waals surface area contributed by atoms with Gasteiger partial charge in [-0.25, -0.2) is 4.98 Å². The minimum absolute atomic E-state index is 0.0697. The predicted octanol–water partition coefficient (Wildman–Crippen LogP) is 2.97. The average Bonchev–Trinajstić information content (AvgIpc) is 3.03. The van der Waals surface area contributed by atoms with E-state index in [1.54, 1.807) is 30.5 Å². The number of nitrogens with one attached hydrogen (secondary N) is 2. The van der Waals surface area contributed by atoms with Gasteiger partial charge in [-0.05, 0) is 19.1 Å². The Morgan fingerprint density at radius 1 is 1.35 bits per heavy atom. The first-order valence-corrected chi connectivity index (χ1v) is 8.87. The Labute approximate surface area is 155 Å². The van der Waals surface area contributed by atoms with Crippen molar-refractivity contribution >= 4 is 17.3 Å². The zero-order valence-electron chi connectivity index (χ0n) is 14.9. The van der Waals surface area contributed by atoms with Crippen LogP contribution in [0.1, 0.15) is 16.3 Å². The van der Waals surface area contributed by atoms with Crippen molar-refractivity contribution in [2.75, 3.05) is 20.7 Å². The van der Waals surface area contributed by atoms with Gasteiger partial charge in [-0.3, -0.25) is 4.99 Å². The van der Waals surface area contributed by atoms with Crippen molar-refractivity contribution in [2.45, 2.75) is 26.5 Å². The molecular formula is C17H22F2N4O2S. The van der Waals surface area contributed by atoms with Crippen LogP contribution >= 0.6 is 11.3 Å². The van der Waals surface area contributed by atoms with Crippen LogP contribution in [0.2, 0.25) is 0 Å². The summed E-state index contributed by atoms with van der Waals surface area (Å²) in [6.45, 7) is 0.00322. The van der Waals surface area contributed by atoms with E-state index < -0.39 is 6.61 Å². The fraction of sp³-hybridized carbons (Fsp3) is 0.412. The van der Waals surface area contributed by atoms with Crippen molar-refractivity contribution in [3.63, 3.8) is 0 Å². The maximum atomic E-state index is 12.6. The third-order valence-corrected chi connectivity index (χ3v) is 4.32. The number of halogens is 2. The molecule has 0 fully saturated rings. The largest absolute Gasteiger partial charge is 0.497 e. The third-order valence-electron chi connectivity index (χ3n) is 3.50. The highest BCUT2D eigenvalue weighted by molar-refractivity contribution is 7.09. The summed E-state index contributed by atoms with van der Waals surface area (Å²) >= 11 is 1.62. The zero-order valence-corrected chi connectivity index (χ0v) is 15.7. The summed E-state index contributed by atoms with van der Waals surface area (Å²) in [7, 11) is 3.11. The summed E-state index contributed by atoms with van der Waals surface area (Å²) in [6, 6.07) is 4.80. The van der Waals surface area contributed by atoms with Crippen molar-refractivity contribution < 1.29 is 18.3 Å². The summed E-state index contributed by atoms with van der Waals surface area (Å²) in [5, 5.41) is 9.32. The second-order valence-electron chi connectivity index (χ2n) is 5.31. The lowest BCUT2D eigenvalue weighted by Crippen LogP contribution is -2.38. The van der Waals surface area contributed by atoms with Crippen molar-refractivity contribution in [1.82, 2.24) is 15.6 Å². The molecule has 0 aliphatic rings. The van der Waals surface area contributed by atoms with E-state index in [4.69, 9.17) is 4.74 Å². The molecule has 0 atom stereocenters. The summed E-state index contributed by atoms with van der Waals surface area (Å²) in [4.78, 5) is 8.53. The molecule has 0 aliphatic heterocycles. The first kappa shape index (κ1) is 19.9. The maximum Gasteiger partial charge on any atom is 0.387 e. The molecular weight excluding hydrogens is 362 g/mol. The van der Waals surface area contributed by atoms with E-state index in [-0.39, 0.29) is 12.3 Å². The highest BCUT2D eigenvalue weighted by Gasteiger charge is 2.12. The minimum atomic E-state index is -2.90. The summed E-state index contributed by atoms with van der Waals surface area (Å²) < 4.78 is 34.8. The van der Waals surface area contributed by atoms with Crippen LogP contribution in [0.4, 0.5) is 8.78 Å². The van der Waals surface area contributed by atoms with Crippen LogP contribution in [-0.4, -0.2) is 38.3 Å². The van der Waals surface area contributed by atoms with Gasteiger partial charge in [0, 0.05) is 43.6 Å². The molecule has 6 nitrogen and oxygen atoms in total. The maximum absolute atomic E-state index is 12.6. The molecule has 0 aliphatic carbocycles. The number of thiazole rings is 1. The Hall–Kier alpha value is -2.42. The van der Waals surface area contributed by atoms with Gasteiger partial charge in [0.25, 0.3) is 0 Å². The smallest absolute Gasteiger partial charge is 0.387 e. The van der Waals surface area contributed by atoms with Crippen LogP contribution in [0.15, 0.2) is 28.6 Å². The quantitative estimate of drug-likeness (QED) is 0.541. The number of aryl methyl sites for hydroxylation is 1. The van der Waals surface area contributed by atoms with Crippen LogP contribution in [0, 0.1) is 6.92 Å². The fourth-order valence-electron chi connectivity index (χ4n) is 2.25. The molecule has 1 aromatic carbocycles. The lowest BCUT2D eigenvalue weighted by atomic mass is 10.2. The molecule has 2 N–H and O–H groups in total. The second kappa shape index (κ2) is 9.91. The molecule has 0 amide bonds. The Balaban J connectivity index is 1.90. The first-order valence-electron chi connectivity index (χ1n) is 7.99. The van der Waals surface area contributed by atoms with E-state index in [9.17, 15) is 8.78 Å². The number of rotatable bonds is 8. The number of hydrogen-bond acceptors (Lipinski definition) is 5. The predicted molar refractivity (Wildman–Crippen MR) is 98.4 cm³/mol. The van der Waals surface area contributed by atoms with Gasteiger partial charge in [-0.2, -0.15) is 8.78 Å². The van der Waals surface area contributed by atoms with Crippen LogP contribution < -0.4 is 20.1 Å². The Bertz CT molecular complexity index is 737. The first-order chi connectivity index (χ1) is 12.5. The summed E-state index contributed by atoms with van der Waals surface area (Å²) in [5.41, 5.74) is 1.60. The van der Waals surface area contributed by atoms with Crippen LogP contribution in [0.5, 0.6) is 11.5 Å². The Morgan fingerprint density at radius 2 is 2.15 bits per heavy atom. The number of aliphatic imine (C=N–C) groups is 1. The number of ether oxygens (including phenoxy) is 2.